The van der Waals surface area contributed by atoms with Crippen LogP contribution in [-0.2, 0) is 12.6 Å². The highest BCUT2D eigenvalue weighted by molar-refractivity contribution is 5.95. The van der Waals surface area contributed by atoms with Crippen LogP contribution in [0.2, 0.25) is 0 Å². The third-order valence-corrected chi connectivity index (χ3v) is 4.06. The monoisotopic (exact) mass is 386 g/mol. The van der Waals surface area contributed by atoms with E-state index in [1.807, 2.05) is 0 Å². The molecule has 0 saturated heterocycles. The zero-order valence-corrected chi connectivity index (χ0v) is 14.4. The Morgan fingerprint density at radius 2 is 2.07 bits per heavy atom. The molecule has 0 saturated carbocycles. The predicted molar refractivity (Wildman–Crippen MR) is 89.4 cm³/mol. The number of carbonyl (C=O) groups excluding carboxylic acids is 1. The number of hydrogen-bond acceptors (Lipinski definition) is 6. The first-order valence-electron chi connectivity index (χ1n) is 7.77. The second-order valence-electron chi connectivity index (χ2n) is 5.94. The smallest absolute Gasteiger partial charge is 0.379 e. The molecule has 1 heterocycles. The minimum absolute atomic E-state index is 0.0608. The van der Waals surface area contributed by atoms with E-state index in [0.717, 1.165) is 16.8 Å². The van der Waals surface area contributed by atoms with Gasteiger partial charge in [-0.1, -0.05) is 0 Å². The number of alkyl halides is 3. The van der Waals surface area contributed by atoms with E-state index in [1.54, 1.807) is 0 Å². The first-order chi connectivity index (χ1) is 12.5. The van der Waals surface area contributed by atoms with E-state index in [1.165, 1.54) is 32.3 Å². The largest absolute Gasteiger partial charge is 0.424 e. The van der Waals surface area contributed by atoms with Gasteiger partial charge in [0.15, 0.2) is 5.78 Å². The second kappa shape index (κ2) is 7.35. The summed E-state index contributed by atoms with van der Waals surface area (Å²) < 4.78 is 41.4. The van der Waals surface area contributed by atoms with Gasteiger partial charge in [0, 0.05) is 44.0 Å². The van der Waals surface area contributed by atoms with Gasteiger partial charge in [-0.15, -0.1) is 0 Å². The summed E-state index contributed by atoms with van der Waals surface area (Å²) in [5, 5.41) is 23.9. The van der Waals surface area contributed by atoms with E-state index >= 15 is 0 Å². The van der Waals surface area contributed by atoms with Crippen molar-refractivity contribution in [3.8, 4) is 0 Å². The van der Waals surface area contributed by atoms with Crippen molar-refractivity contribution in [1.82, 2.24) is 9.55 Å². The fourth-order valence-electron chi connectivity index (χ4n) is 2.57. The number of nitrogens with one attached hydrogen (secondary N) is 1. The maximum absolute atomic E-state index is 13.4. The Morgan fingerprint density at radius 3 is 2.56 bits per heavy atom. The fourth-order valence-corrected chi connectivity index (χ4v) is 2.57. The molecular weight excluding hydrogens is 369 g/mol. The van der Waals surface area contributed by atoms with E-state index in [-0.39, 0.29) is 17.0 Å². The normalized spacial score (nSPS) is 13.9. The fraction of sp³-hybridized carbons (Fsp3) is 0.375. The van der Waals surface area contributed by atoms with Crippen LogP contribution >= 0.6 is 0 Å². The zero-order valence-electron chi connectivity index (χ0n) is 14.4. The van der Waals surface area contributed by atoms with Gasteiger partial charge < -0.3 is 15.0 Å². The Morgan fingerprint density at radius 1 is 1.41 bits per heavy atom. The van der Waals surface area contributed by atoms with Crippen molar-refractivity contribution in [3.63, 3.8) is 0 Å². The zero-order chi connectivity index (χ0) is 20.4. The van der Waals surface area contributed by atoms with Crippen LogP contribution in [0.1, 0.15) is 29.5 Å². The molecule has 0 fully saturated rings. The van der Waals surface area contributed by atoms with Crippen LogP contribution < -0.4 is 5.32 Å². The third kappa shape index (κ3) is 4.08. The summed E-state index contributed by atoms with van der Waals surface area (Å²) in [4.78, 5) is 25.3. The average Bonchev–Trinajstić information content (AvgIpc) is 3.00. The summed E-state index contributed by atoms with van der Waals surface area (Å²) in [6.07, 6.45) is -3.43. The van der Waals surface area contributed by atoms with Gasteiger partial charge in [0.25, 0.3) is 5.69 Å². The topological polar surface area (TPSA) is 110 Å². The highest BCUT2D eigenvalue weighted by atomic mass is 19.4. The number of hydrogen-bond donors (Lipinski definition) is 2. The summed E-state index contributed by atoms with van der Waals surface area (Å²) >= 11 is 0. The molecule has 0 aliphatic carbocycles. The van der Waals surface area contributed by atoms with Gasteiger partial charge in [0.05, 0.1) is 4.92 Å². The Balaban J connectivity index is 2.24. The standard InChI is InChI=1S/C16H17F3N4O4/c1-10(24)11-3-4-12(13(9-11)23(26)27)20-6-5-15(25,16(17,18)19)14-21-7-8-22(14)2/h3-4,7-9,20,25H,5-6H2,1-2H3. The quantitative estimate of drug-likeness (QED) is 0.430. The van der Waals surface area contributed by atoms with Crippen molar-refractivity contribution in [2.45, 2.75) is 25.1 Å². The minimum atomic E-state index is -5.00. The number of benzene rings is 1. The van der Waals surface area contributed by atoms with Crippen molar-refractivity contribution >= 4 is 17.2 Å². The van der Waals surface area contributed by atoms with Gasteiger partial charge in [-0.05, 0) is 19.1 Å². The molecule has 11 heteroatoms. The summed E-state index contributed by atoms with van der Waals surface area (Å²) in [6, 6.07) is 3.61. The number of aromatic nitrogens is 2. The molecule has 0 amide bonds. The molecule has 1 unspecified atom stereocenters. The molecule has 2 N–H and O–H groups in total. The molecule has 0 radical (unpaired) electrons. The molecule has 0 aliphatic rings. The molecule has 0 aliphatic heterocycles. The van der Waals surface area contributed by atoms with E-state index in [9.17, 15) is 33.2 Å². The number of halogens is 3. The molecule has 2 rings (SSSR count). The van der Waals surface area contributed by atoms with E-state index in [0.29, 0.717) is 0 Å². The summed E-state index contributed by atoms with van der Waals surface area (Å²) in [6.45, 7) is 0.811. The van der Waals surface area contributed by atoms with Crippen LogP contribution in [0.3, 0.4) is 0 Å². The highest BCUT2D eigenvalue weighted by Gasteiger charge is 2.57. The number of nitro benzene ring substituents is 1. The van der Waals surface area contributed by atoms with Crippen molar-refractivity contribution in [2.24, 2.45) is 7.05 Å². The number of nitrogens with zero attached hydrogens (tertiary/aromatic N) is 3. The maximum Gasteiger partial charge on any atom is 0.424 e. The van der Waals surface area contributed by atoms with Crippen molar-refractivity contribution in [2.75, 3.05) is 11.9 Å². The lowest BCUT2D eigenvalue weighted by Gasteiger charge is -2.30. The Labute approximate surface area is 151 Å². The van der Waals surface area contributed by atoms with Gasteiger partial charge in [0.2, 0.25) is 5.60 Å². The van der Waals surface area contributed by atoms with E-state index in [2.05, 4.69) is 10.3 Å². The van der Waals surface area contributed by atoms with Crippen LogP contribution in [-0.4, -0.2) is 38.1 Å². The number of carbonyl (C=O) groups is 1. The number of nitro groups is 1. The Bertz CT molecular complexity index is 866. The molecule has 8 nitrogen and oxygen atoms in total. The lowest BCUT2D eigenvalue weighted by Crippen LogP contribution is -2.45. The van der Waals surface area contributed by atoms with Crippen LogP contribution in [0.25, 0.3) is 0 Å². The average molecular weight is 386 g/mol. The first-order valence-corrected chi connectivity index (χ1v) is 7.77. The van der Waals surface area contributed by atoms with Crippen molar-refractivity contribution in [1.29, 1.82) is 0 Å². The van der Waals surface area contributed by atoms with Gasteiger partial charge >= 0.3 is 6.18 Å². The van der Waals surface area contributed by atoms with E-state index < -0.39 is 41.2 Å². The molecule has 1 aromatic carbocycles. The molecule has 27 heavy (non-hydrogen) atoms. The Kier molecular flexibility index (Phi) is 5.54. The SMILES string of the molecule is CC(=O)c1ccc(NCCC(O)(c2nccn2C)C(F)(F)F)c([N+](=O)[O-])c1. The molecular formula is C16H17F3N4O4. The molecule has 2 aromatic rings. The number of aryl methyl sites for hydroxylation is 1. The van der Waals surface area contributed by atoms with Crippen LogP contribution in [0.5, 0.6) is 0 Å². The number of aliphatic hydroxyl groups is 1. The number of Topliss-reactive ketones (excluding diaryl/α,β-unsaturated/α-hetero) is 1. The summed E-state index contributed by atoms with van der Waals surface area (Å²) in [5.41, 5.74) is -3.64. The van der Waals surface area contributed by atoms with E-state index in [4.69, 9.17) is 0 Å². The molecule has 1 aromatic heterocycles. The number of anilines is 1. The molecule has 0 bridgehead atoms. The maximum atomic E-state index is 13.4. The highest BCUT2D eigenvalue weighted by Crippen LogP contribution is 2.40. The minimum Gasteiger partial charge on any atom is -0.379 e. The number of ketones is 1. The van der Waals surface area contributed by atoms with Gasteiger partial charge in [-0.2, -0.15) is 13.2 Å². The van der Waals surface area contributed by atoms with Crippen LogP contribution in [0, 0.1) is 10.1 Å². The summed E-state index contributed by atoms with van der Waals surface area (Å²) in [5.74, 6) is -0.968. The lowest BCUT2D eigenvalue weighted by atomic mass is 9.97. The van der Waals surface area contributed by atoms with Gasteiger partial charge in [-0.3, -0.25) is 14.9 Å². The number of imidazole rings is 1. The third-order valence-electron chi connectivity index (χ3n) is 4.06. The van der Waals surface area contributed by atoms with Gasteiger partial charge in [-0.25, -0.2) is 4.98 Å². The van der Waals surface area contributed by atoms with Crippen LogP contribution in [0.4, 0.5) is 24.5 Å². The molecule has 0 spiro atoms. The summed E-state index contributed by atoms with van der Waals surface area (Å²) in [7, 11) is 1.32. The Hall–Kier alpha value is -2.95. The molecule has 1 atom stereocenters. The number of rotatable bonds is 7. The van der Waals surface area contributed by atoms with Gasteiger partial charge in [0.1, 0.15) is 11.5 Å². The van der Waals surface area contributed by atoms with Crippen molar-refractivity contribution < 1.29 is 28.0 Å². The first kappa shape index (κ1) is 20.4. The molecule has 146 valence electrons. The van der Waals surface area contributed by atoms with Crippen molar-refractivity contribution in [3.05, 3.63) is 52.1 Å². The predicted octanol–water partition coefficient (Wildman–Crippen LogP) is 2.78. The van der Waals surface area contributed by atoms with Crippen LogP contribution in [0.15, 0.2) is 30.6 Å². The second-order valence-corrected chi connectivity index (χ2v) is 5.94. The lowest BCUT2D eigenvalue weighted by molar-refractivity contribution is -0.384.